The Bertz CT molecular complexity index is 1830. The summed E-state index contributed by atoms with van der Waals surface area (Å²) in [6.07, 6.45) is 0.735. The summed E-state index contributed by atoms with van der Waals surface area (Å²) in [5.74, 6) is -0.0317. The number of esters is 1. The van der Waals surface area contributed by atoms with Crippen LogP contribution in [-0.2, 0) is 37.8 Å². The summed E-state index contributed by atoms with van der Waals surface area (Å²) in [6, 6.07) is 16.0. The van der Waals surface area contributed by atoms with Gasteiger partial charge in [-0.15, -0.1) is 11.3 Å². The first-order valence-corrected chi connectivity index (χ1v) is 18.2. The van der Waals surface area contributed by atoms with Crippen molar-refractivity contribution in [3.05, 3.63) is 92.9 Å². The fourth-order valence-electron chi connectivity index (χ4n) is 4.51. The van der Waals surface area contributed by atoms with E-state index in [-0.39, 0.29) is 47.2 Å². The largest absolute Gasteiger partial charge is 0.493 e. The lowest BCUT2D eigenvalue weighted by atomic mass is 9.93. The highest BCUT2D eigenvalue weighted by atomic mass is 35.5. The number of nitrogens with zero attached hydrogens (tertiary/aromatic N) is 1. The summed E-state index contributed by atoms with van der Waals surface area (Å²) in [5, 5.41) is 6.12. The van der Waals surface area contributed by atoms with E-state index in [1.165, 1.54) is 30.6 Å². The summed E-state index contributed by atoms with van der Waals surface area (Å²) in [7, 11) is -2.00. The second-order valence-electron chi connectivity index (χ2n) is 11.8. The Morgan fingerprint density at radius 2 is 1.69 bits per heavy atom. The van der Waals surface area contributed by atoms with Gasteiger partial charge in [0.25, 0.3) is 5.91 Å². The van der Waals surface area contributed by atoms with Crippen molar-refractivity contribution in [2.75, 3.05) is 31.4 Å². The van der Waals surface area contributed by atoms with Crippen molar-refractivity contribution in [3.8, 4) is 17.2 Å². The number of hydrogen-bond acceptors (Lipinski definition) is 10. The van der Waals surface area contributed by atoms with Crippen LogP contribution in [0.15, 0.2) is 70.9 Å². The van der Waals surface area contributed by atoms with Gasteiger partial charge in [0.1, 0.15) is 17.4 Å². The average molecular weight is 715 g/mol. The topological polar surface area (TPSA) is 130 Å². The van der Waals surface area contributed by atoms with Crippen molar-refractivity contribution in [2.45, 2.75) is 57.5 Å². The predicted octanol–water partition coefficient (Wildman–Crippen LogP) is 7.28. The Labute approximate surface area is 290 Å². The minimum absolute atomic E-state index is 0.0788. The Hall–Kier alpha value is -4.13. The monoisotopic (exact) mass is 714 g/mol. The third-order valence-electron chi connectivity index (χ3n) is 7.09. The molecular formula is C35H39ClN2O8S2. The summed E-state index contributed by atoms with van der Waals surface area (Å²) < 4.78 is 47.8. The number of amides is 1. The molecule has 1 amide bonds. The van der Waals surface area contributed by atoms with Gasteiger partial charge in [-0.05, 0) is 79.9 Å². The van der Waals surface area contributed by atoms with Crippen molar-refractivity contribution in [2.24, 2.45) is 0 Å². The van der Waals surface area contributed by atoms with Crippen LogP contribution >= 0.6 is 22.9 Å². The second-order valence-corrected chi connectivity index (χ2v) is 15.3. The third-order valence-corrected chi connectivity index (χ3v) is 9.98. The number of nitrogens with one attached hydrogen (secondary N) is 1. The van der Waals surface area contributed by atoms with E-state index in [0.717, 1.165) is 16.3 Å². The first kappa shape index (κ1) is 36.7. The lowest BCUT2D eigenvalue weighted by molar-refractivity contribution is -0.145. The number of halogens is 1. The number of hydrogen-bond donors (Lipinski definition) is 1. The molecule has 0 radical (unpaired) electrons. The Kier molecular flexibility index (Phi) is 12.5. The molecule has 0 saturated carbocycles. The van der Waals surface area contributed by atoms with E-state index < -0.39 is 21.7 Å². The van der Waals surface area contributed by atoms with Crippen LogP contribution < -0.4 is 19.5 Å². The highest BCUT2D eigenvalue weighted by Crippen LogP contribution is 2.32. The fourth-order valence-corrected chi connectivity index (χ4v) is 6.88. The maximum Gasteiger partial charge on any atom is 0.344 e. The van der Waals surface area contributed by atoms with E-state index >= 15 is 0 Å². The van der Waals surface area contributed by atoms with Gasteiger partial charge in [-0.1, -0.05) is 38.4 Å². The number of ether oxygens (including phenoxy) is 4. The van der Waals surface area contributed by atoms with Crippen LogP contribution in [-0.4, -0.2) is 51.4 Å². The number of sulfone groups is 1. The number of aromatic nitrogens is 1. The maximum atomic E-state index is 13.5. The standard InChI is InChI=1S/C35H39ClN2O8S2/c1-6-44-33(39)21-46-28-15-9-23(8-7-17-48(41,42)26-13-11-25(36)12-14-26)18-27(28)37-34(40)24-10-16-29(43-5)30(19-24)45-20-32-38-31(22-47-32)35(2,3)4/h9-16,18-19,22H,6-8,17,20-21H2,1-5H3,(H,37,40). The van der Waals surface area contributed by atoms with Gasteiger partial charge < -0.3 is 24.3 Å². The molecule has 4 aromatic rings. The number of anilines is 1. The number of aryl methyl sites for hydroxylation is 1. The van der Waals surface area contributed by atoms with E-state index in [2.05, 4.69) is 31.1 Å². The van der Waals surface area contributed by atoms with E-state index in [4.69, 9.17) is 30.5 Å². The van der Waals surface area contributed by atoms with Crippen LogP contribution in [0.1, 0.15) is 60.7 Å². The molecule has 0 saturated heterocycles. The lowest BCUT2D eigenvalue weighted by Crippen LogP contribution is -2.17. The molecule has 0 unspecified atom stereocenters. The fraction of sp³-hybridized carbons (Fsp3) is 0.343. The van der Waals surface area contributed by atoms with Gasteiger partial charge in [-0.3, -0.25) is 4.79 Å². The zero-order chi connectivity index (χ0) is 34.9. The molecule has 3 aromatic carbocycles. The van der Waals surface area contributed by atoms with Crippen LogP contribution in [0.5, 0.6) is 17.2 Å². The van der Waals surface area contributed by atoms with Crippen LogP contribution in [0.4, 0.5) is 5.69 Å². The van der Waals surface area contributed by atoms with Crippen LogP contribution in [0.2, 0.25) is 5.02 Å². The summed E-state index contributed by atoms with van der Waals surface area (Å²) >= 11 is 7.40. The van der Waals surface area contributed by atoms with Crippen LogP contribution in [0, 0.1) is 0 Å². The second kappa shape index (κ2) is 16.3. The van der Waals surface area contributed by atoms with Gasteiger partial charge in [0.2, 0.25) is 0 Å². The molecule has 13 heteroatoms. The van der Waals surface area contributed by atoms with Crippen molar-refractivity contribution >= 4 is 50.3 Å². The van der Waals surface area contributed by atoms with Gasteiger partial charge in [0, 0.05) is 21.4 Å². The molecule has 256 valence electrons. The SMILES string of the molecule is CCOC(=O)COc1ccc(CCCS(=O)(=O)c2ccc(Cl)cc2)cc1NC(=O)c1ccc(OC)c(OCc2nc(C(C)(C)C)cs2)c1. The van der Waals surface area contributed by atoms with Gasteiger partial charge in [-0.2, -0.15) is 0 Å². The zero-order valence-corrected chi connectivity index (χ0v) is 29.9. The highest BCUT2D eigenvalue weighted by Gasteiger charge is 2.20. The van der Waals surface area contributed by atoms with E-state index in [1.807, 2.05) is 5.38 Å². The number of thiazole rings is 1. The Morgan fingerprint density at radius 3 is 2.35 bits per heavy atom. The van der Waals surface area contributed by atoms with Crippen molar-refractivity contribution in [3.63, 3.8) is 0 Å². The Morgan fingerprint density at radius 1 is 0.958 bits per heavy atom. The summed E-state index contributed by atoms with van der Waals surface area (Å²) in [4.78, 5) is 30.4. The van der Waals surface area contributed by atoms with Crippen molar-refractivity contribution in [1.82, 2.24) is 4.98 Å². The first-order valence-electron chi connectivity index (χ1n) is 15.3. The van der Waals surface area contributed by atoms with Gasteiger partial charge >= 0.3 is 5.97 Å². The molecule has 0 fully saturated rings. The number of benzene rings is 3. The highest BCUT2D eigenvalue weighted by molar-refractivity contribution is 7.91. The zero-order valence-electron chi connectivity index (χ0n) is 27.5. The van der Waals surface area contributed by atoms with E-state index in [9.17, 15) is 18.0 Å². The molecule has 0 aliphatic rings. The van der Waals surface area contributed by atoms with Crippen LogP contribution in [0.3, 0.4) is 0 Å². The van der Waals surface area contributed by atoms with Gasteiger partial charge in [-0.25, -0.2) is 18.2 Å². The number of rotatable bonds is 15. The Balaban J connectivity index is 1.50. The molecule has 0 spiro atoms. The smallest absolute Gasteiger partial charge is 0.344 e. The molecule has 48 heavy (non-hydrogen) atoms. The molecule has 0 bridgehead atoms. The molecule has 4 rings (SSSR count). The minimum Gasteiger partial charge on any atom is -0.493 e. The molecule has 0 aliphatic heterocycles. The van der Waals surface area contributed by atoms with E-state index in [1.54, 1.807) is 55.5 Å². The maximum absolute atomic E-state index is 13.5. The molecule has 0 atom stereocenters. The summed E-state index contributed by atoms with van der Waals surface area (Å²) in [6.45, 7) is 8.01. The minimum atomic E-state index is -3.51. The predicted molar refractivity (Wildman–Crippen MR) is 186 cm³/mol. The molecule has 1 N–H and O–H groups in total. The third kappa shape index (κ3) is 10.2. The van der Waals surface area contributed by atoms with Crippen molar-refractivity contribution < 1.29 is 37.0 Å². The quantitative estimate of drug-likeness (QED) is 0.126. The number of carbonyl (C=O) groups is 2. The first-order chi connectivity index (χ1) is 22.8. The number of methoxy groups -OCH3 is 1. The molecule has 10 nitrogen and oxygen atoms in total. The molecule has 1 heterocycles. The number of carbonyl (C=O) groups excluding carboxylic acids is 2. The lowest BCUT2D eigenvalue weighted by Gasteiger charge is -2.15. The van der Waals surface area contributed by atoms with Gasteiger partial charge in [0.15, 0.2) is 27.9 Å². The van der Waals surface area contributed by atoms with E-state index in [0.29, 0.717) is 35.1 Å². The average Bonchev–Trinajstić information content (AvgIpc) is 3.54. The van der Waals surface area contributed by atoms with Crippen molar-refractivity contribution in [1.29, 1.82) is 0 Å². The molecular weight excluding hydrogens is 676 g/mol. The normalized spacial score (nSPS) is 11.5. The van der Waals surface area contributed by atoms with Crippen LogP contribution in [0.25, 0.3) is 0 Å². The van der Waals surface area contributed by atoms with Gasteiger partial charge in [0.05, 0.1) is 35.7 Å². The summed E-state index contributed by atoms with van der Waals surface area (Å²) in [5.41, 5.74) is 2.24. The molecule has 0 aliphatic carbocycles. The molecule has 1 aromatic heterocycles.